The van der Waals surface area contributed by atoms with E-state index in [-0.39, 0.29) is 36.9 Å². The molecule has 1 amide bonds. The van der Waals surface area contributed by atoms with Crippen LogP contribution in [0.5, 0.6) is 11.5 Å². The summed E-state index contributed by atoms with van der Waals surface area (Å²) in [7, 11) is 0. The minimum absolute atomic E-state index is 0.0404. The summed E-state index contributed by atoms with van der Waals surface area (Å²) in [6.45, 7) is 3.21. The number of benzene rings is 2. The van der Waals surface area contributed by atoms with Crippen molar-refractivity contribution in [3.8, 4) is 11.5 Å². The Morgan fingerprint density at radius 1 is 1.19 bits per heavy atom. The largest absolute Gasteiger partial charge is 0.454 e. The van der Waals surface area contributed by atoms with E-state index in [9.17, 15) is 14.0 Å². The van der Waals surface area contributed by atoms with E-state index in [4.69, 9.17) is 9.47 Å². The van der Waals surface area contributed by atoms with Gasteiger partial charge in [0.15, 0.2) is 17.3 Å². The Morgan fingerprint density at radius 2 is 1.88 bits per heavy atom. The first-order valence-corrected chi connectivity index (χ1v) is 8.18. The normalized spacial score (nSPS) is 13.3. The van der Waals surface area contributed by atoms with E-state index in [1.807, 2.05) is 0 Å². The Bertz CT molecular complexity index is 853. The van der Waals surface area contributed by atoms with Crippen LogP contribution < -0.4 is 20.1 Å². The molecule has 1 aliphatic heterocycles. The number of hydrogen-bond acceptors (Lipinski definition) is 5. The van der Waals surface area contributed by atoms with Crippen LogP contribution in [0.1, 0.15) is 35.8 Å². The van der Waals surface area contributed by atoms with E-state index in [1.165, 1.54) is 13.0 Å². The quantitative estimate of drug-likeness (QED) is 0.776. The standard InChI is InChI=1S/C19H19FN2O4/c1-11(13-5-3-4-6-15(13)20)21-9-19(24)22-16-8-18-17(25-10-26-18)7-14(16)12(2)23/h3-8,11,21H,9-10H2,1-2H3,(H,22,24). The molecule has 2 aromatic rings. The Balaban J connectivity index is 1.67. The third-order valence-corrected chi connectivity index (χ3v) is 4.11. The molecule has 1 heterocycles. The van der Waals surface area contributed by atoms with Crippen LogP contribution in [0.2, 0.25) is 0 Å². The Morgan fingerprint density at radius 3 is 2.58 bits per heavy atom. The van der Waals surface area contributed by atoms with Crippen LogP contribution in [0.3, 0.4) is 0 Å². The second kappa shape index (κ2) is 7.53. The molecule has 0 aromatic heterocycles. The van der Waals surface area contributed by atoms with Gasteiger partial charge in [-0.05, 0) is 26.0 Å². The van der Waals surface area contributed by atoms with Crippen LogP contribution in [-0.2, 0) is 4.79 Å². The predicted molar refractivity (Wildman–Crippen MR) is 94.0 cm³/mol. The van der Waals surface area contributed by atoms with Gasteiger partial charge in [0.05, 0.1) is 12.2 Å². The van der Waals surface area contributed by atoms with Gasteiger partial charge in [-0.1, -0.05) is 18.2 Å². The number of ketones is 1. The molecule has 0 bridgehead atoms. The predicted octanol–water partition coefficient (Wildman–Crippen LogP) is 3.05. The number of halogens is 1. The van der Waals surface area contributed by atoms with Crippen molar-refractivity contribution in [3.05, 3.63) is 53.3 Å². The van der Waals surface area contributed by atoms with Crippen molar-refractivity contribution in [3.63, 3.8) is 0 Å². The molecule has 0 fully saturated rings. The van der Waals surface area contributed by atoms with Crippen LogP contribution in [0.15, 0.2) is 36.4 Å². The summed E-state index contributed by atoms with van der Waals surface area (Å²) >= 11 is 0. The lowest BCUT2D eigenvalue weighted by molar-refractivity contribution is -0.115. The zero-order chi connectivity index (χ0) is 18.7. The van der Waals surface area contributed by atoms with Gasteiger partial charge in [-0.25, -0.2) is 4.39 Å². The van der Waals surface area contributed by atoms with Crippen molar-refractivity contribution in [2.75, 3.05) is 18.7 Å². The molecule has 6 nitrogen and oxygen atoms in total. The molecular formula is C19H19FN2O4. The molecule has 0 aliphatic carbocycles. The molecule has 1 atom stereocenters. The minimum atomic E-state index is -0.352. The van der Waals surface area contributed by atoms with Gasteiger partial charge in [0, 0.05) is 23.2 Å². The molecule has 0 saturated carbocycles. The number of Topliss-reactive ketones (excluding diaryl/α,β-unsaturated/α-hetero) is 1. The first kappa shape index (κ1) is 17.9. The van der Waals surface area contributed by atoms with E-state index < -0.39 is 0 Å². The van der Waals surface area contributed by atoms with Crippen molar-refractivity contribution in [2.24, 2.45) is 0 Å². The van der Waals surface area contributed by atoms with E-state index >= 15 is 0 Å². The van der Waals surface area contributed by atoms with Crippen LogP contribution in [0.4, 0.5) is 10.1 Å². The zero-order valence-electron chi connectivity index (χ0n) is 14.5. The summed E-state index contributed by atoms with van der Waals surface area (Å²) in [5.74, 6) is 0.0564. The summed E-state index contributed by atoms with van der Waals surface area (Å²) in [6.07, 6.45) is 0. The second-order valence-electron chi connectivity index (χ2n) is 5.98. The topological polar surface area (TPSA) is 76.7 Å². The van der Waals surface area contributed by atoms with E-state index in [2.05, 4.69) is 10.6 Å². The summed E-state index contributed by atoms with van der Waals surface area (Å²) in [5.41, 5.74) is 1.17. The van der Waals surface area contributed by atoms with Gasteiger partial charge in [0.2, 0.25) is 12.7 Å². The molecule has 3 rings (SSSR count). The van der Waals surface area contributed by atoms with Crippen molar-refractivity contribution < 1.29 is 23.5 Å². The fourth-order valence-corrected chi connectivity index (χ4v) is 2.71. The first-order chi connectivity index (χ1) is 12.5. The number of carbonyl (C=O) groups excluding carboxylic acids is 2. The first-order valence-electron chi connectivity index (χ1n) is 8.18. The number of hydrogen-bond donors (Lipinski definition) is 2. The number of nitrogens with one attached hydrogen (secondary N) is 2. The fraction of sp³-hybridized carbons (Fsp3) is 0.263. The summed E-state index contributed by atoms with van der Waals surface area (Å²) in [5, 5.41) is 5.66. The summed E-state index contributed by atoms with van der Waals surface area (Å²) in [6, 6.07) is 9.16. The van der Waals surface area contributed by atoms with E-state index in [1.54, 1.807) is 37.3 Å². The smallest absolute Gasteiger partial charge is 0.238 e. The highest BCUT2D eigenvalue weighted by Crippen LogP contribution is 2.37. The highest BCUT2D eigenvalue weighted by molar-refractivity contribution is 6.05. The molecule has 1 aliphatic rings. The van der Waals surface area contributed by atoms with Crippen molar-refractivity contribution in [1.29, 1.82) is 0 Å². The van der Waals surface area contributed by atoms with Crippen LogP contribution in [0.25, 0.3) is 0 Å². The molecule has 7 heteroatoms. The second-order valence-corrected chi connectivity index (χ2v) is 5.98. The van der Waals surface area contributed by atoms with E-state index in [0.717, 1.165) is 0 Å². The molecule has 136 valence electrons. The molecule has 2 N–H and O–H groups in total. The molecule has 0 radical (unpaired) electrons. The highest BCUT2D eigenvalue weighted by Gasteiger charge is 2.20. The number of rotatable bonds is 6. The lowest BCUT2D eigenvalue weighted by Gasteiger charge is -2.15. The van der Waals surface area contributed by atoms with Gasteiger partial charge in [0.1, 0.15) is 5.82 Å². The SMILES string of the molecule is CC(=O)c1cc2c(cc1NC(=O)CNC(C)c1ccccc1F)OCO2. The van der Waals surface area contributed by atoms with Gasteiger partial charge >= 0.3 is 0 Å². The number of anilines is 1. The molecule has 26 heavy (non-hydrogen) atoms. The van der Waals surface area contributed by atoms with Gasteiger partial charge in [-0.15, -0.1) is 0 Å². The van der Waals surface area contributed by atoms with Crippen molar-refractivity contribution in [1.82, 2.24) is 5.32 Å². The lowest BCUT2D eigenvalue weighted by atomic mass is 10.1. The zero-order valence-corrected chi connectivity index (χ0v) is 14.5. The Labute approximate surface area is 150 Å². The maximum absolute atomic E-state index is 13.8. The molecule has 0 saturated heterocycles. The average molecular weight is 358 g/mol. The van der Waals surface area contributed by atoms with Gasteiger partial charge in [0.25, 0.3) is 0 Å². The maximum Gasteiger partial charge on any atom is 0.238 e. The number of fused-ring (bicyclic) bond motifs is 1. The Kier molecular flexibility index (Phi) is 5.18. The monoisotopic (exact) mass is 358 g/mol. The highest BCUT2D eigenvalue weighted by atomic mass is 19.1. The van der Waals surface area contributed by atoms with Gasteiger partial charge in [-0.3, -0.25) is 9.59 Å². The lowest BCUT2D eigenvalue weighted by Crippen LogP contribution is -2.30. The summed E-state index contributed by atoms with van der Waals surface area (Å²) < 4.78 is 24.3. The van der Waals surface area contributed by atoms with Gasteiger partial charge < -0.3 is 20.1 Å². The average Bonchev–Trinajstić information content (AvgIpc) is 3.06. The van der Waals surface area contributed by atoms with Gasteiger partial charge in [-0.2, -0.15) is 0 Å². The van der Waals surface area contributed by atoms with Crippen LogP contribution >= 0.6 is 0 Å². The van der Waals surface area contributed by atoms with Crippen molar-refractivity contribution in [2.45, 2.75) is 19.9 Å². The number of amides is 1. The number of ether oxygens (including phenoxy) is 2. The summed E-state index contributed by atoms with van der Waals surface area (Å²) in [4.78, 5) is 24.1. The Hall–Kier alpha value is -2.93. The minimum Gasteiger partial charge on any atom is -0.454 e. The fourth-order valence-electron chi connectivity index (χ4n) is 2.71. The maximum atomic E-state index is 13.8. The molecule has 2 aromatic carbocycles. The molecule has 1 unspecified atom stereocenters. The van der Waals surface area contributed by atoms with Crippen LogP contribution in [0, 0.1) is 5.82 Å². The van der Waals surface area contributed by atoms with Crippen molar-refractivity contribution >= 4 is 17.4 Å². The van der Waals surface area contributed by atoms with E-state index in [0.29, 0.717) is 28.3 Å². The molecular weight excluding hydrogens is 339 g/mol. The van der Waals surface area contributed by atoms with Crippen LogP contribution in [-0.4, -0.2) is 25.0 Å². The third-order valence-electron chi connectivity index (χ3n) is 4.11. The third kappa shape index (κ3) is 3.83. The number of carbonyl (C=O) groups is 2. The molecule has 0 spiro atoms.